The number of hydrogen-bond donors (Lipinski definition) is 1. The number of pyridine rings is 1. The number of amides is 2. The smallest absolute Gasteiger partial charge is 0.416 e. The van der Waals surface area contributed by atoms with Crippen LogP contribution in [0.3, 0.4) is 0 Å². The molecule has 0 radical (unpaired) electrons. The van der Waals surface area contributed by atoms with E-state index in [1.807, 2.05) is 13.0 Å². The maximum atomic E-state index is 13.0. The highest BCUT2D eigenvalue weighted by Gasteiger charge is 2.25. The number of Topliss-reactive ketones (excluding diaryl/α,β-unsaturated/α-hetero) is 1. The fraction of sp³-hybridized carbons (Fsp3) is 0.595. The fourth-order valence-corrected chi connectivity index (χ4v) is 6.11. The lowest BCUT2D eigenvalue weighted by Gasteiger charge is -2.27. The number of aromatic nitrogens is 1. The van der Waals surface area contributed by atoms with Crippen molar-refractivity contribution in [2.75, 3.05) is 37.0 Å². The third-order valence-electron chi connectivity index (χ3n) is 7.69. The summed E-state index contributed by atoms with van der Waals surface area (Å²) in [5.74, 6) is -0.773. The summed E-state index contributed by atoms with van der Waals surface area (Å²) in [6.45, 7) is 7.88. The van der Waals surface area contributed by atoms with Crippen LogP contribution in [0.2, 0.25) is 10.0 Å². The minimum absolute atomic E-state index is 0.0361. The Morgan fingerprint density at radius 3 is 2.22 bits per heavy atom. The Balaban J connectivity index is 1.91. The normalized spacial score (nSPS) is 11.8. The molecule has 2 amide bonds. The van der Waals surface area contributed by atoms with Crippen molar-refractivity contribution in [3.8, 4) is 5.75 Å². The molecule has 50 heavy (non-hydrogen) atoms. The second-order valence-electron chi connectivity index (χ2n) is 13.2. The van der Waals surface area contributed by atoms with E-state index >= 15 is 0 Å². The van der Waals surface area contributed by atoms with Crippen molar-refractivity contribution in [1.29, 1.82) is 0 Å². The SMILES string of the molecule is COC(=O)CC(CC(=O)CNC(=O)CCCCN(C(=O)OC(C)(C)C)c1cc(C)ccn1)c1cc(Cl)c(OCCCCCCCCBr)c(Cl)c1. The summed E-state index contributed by atoms with van der Waals surface area (Å²) in [5, 5.41) is 4.29. The second kappa shape index (κ2) is 22.8. The minimum atomic E-state index is -0.677. The largest absolute Gasteiger partial charge is 0.490 e. The molecule has 2 rings (SSSR count). The highest BCUT2D eigenvalue weighted by Crippen LogP contribution is 2.38. The van der Waals surface area contributed by atoms with Crippen molar-refractivity contribution in [3.63, 3.8) is 0 Å². The average Bonchev–Trinajstić information content (AvgIpc) is 3.04. The van der Waals surface area contributed by atoms with Gasteiger partial charge in [0.05, 0.1) is 36.7 Å². The Bertz CT molecular complexity index is 1380. The number of unbranched alkanes of at least 4 members (excludes halogenated alkanes) is 6. The van der Waals surface area contributed by atoms with Crippen LogP contribution in [0.5, 0.6) is 5.75 Å². The highest BCUT2D eigenvalue weighted by molar-refractivity contribution is 9.09. The van der Waals surface area contributed by atoms with Crippen LogP contribution >= 0.6 is 39.1 Å². The first-order valence-corrected chi connectivity index (χ1v) is 19.1. The maximum absolute atomic E-state index is 13.0. The van der Waals surface area contributed by atoms with Crippen LogP contribution in [0.15, 0.2) is 30.5 Å². The number of alkyl halides is 1. The Morgan fingerprint density at radius 2 is 1.60 bits per heavy atom. The van der Waals surface area contributed by atoms with Crippen LogP contribution in [0.25, 0.3) is 0 Å². The number of methoxy groups -OCH3 is 1. The second-order valence-corrected chi connectivity index (χ2v) is 14.9. The van der Waals surface area contributed by atoms with E-state index in [4.69, 9.17) is 37.4 Å². The first-order chi connectivity index (χ1) is 23.7. The molecule has 0 saturated carbocycles. The Morgan fingerprint density at radius 1 is 0.940 bits per heavy atom. The summed E-state index contributed by atoms with van der Waals surface area (Å²) in [7, 11) is 1.28. The standard InChI is InChI=1S/C37H52BrCl2N3O7/c1-26-15-17-41-32(20-26)43(36(47)50-37(2,3)4)18-12-10-14-33(45)42-25-29(44)21-27(24-34(46)48-5)28-22-30(39)35(31(40)23-28)49-19-13-9-7-6-8-11-16-38/h15,17,20,22-23,27H,6-14,16,18-19,21,24-25H2,1-5H3,(H,42,45). The Labute approximate surface area is 315 Å². The minimum Gasteiger partial charge on any atom is -0.490 e. The van der Waals surface area contributed by atoms with Crippen LogP contribution in [-0.2, 0) is 23.9 Å². The summed E-state index contributed by atoms with van der Waals surface area (Å²) in [6, 6.07) is 6.97. The number of carbonyl (C=O) groups is 4. The van der Waals surface area contributed by atoms with Gasteiger partial charge >= 0.3 is 12.1 Å². The lowest BCUT2D eigenvalue weighted by atomic mass is 9.90. The molecule has 0 aliphatic heterocycles. The number of esters is 1. The topological polar surface area (TPSA) is 124 Å². The van der Waals surface area contributed by atoms with Gasteiger partial charge in [0.25, 0.3) is 0 Å². The van der Waals surface area contributed by atoms with E-state index in [0.29, 0.717) is 53.2 Å². The number of nitrogens with zero attached hydrogens (tertiary/aromatic N) is 2. The van der Waals surface area contributed by atoms with E-state index in [9.17, 15) is 19.2 Å². The van der Waals surface area contributed by atoms with Crippen molar-refractivity contribution in [1.82, 2.24) is 10.3 Å². The Hall–Kier alpha value is -2.89. The molecule has 1 heterocycles. The van der Waals surface area contributed by atoms with Gasteiger partial charge in [-0.05, 0) is 88.8 Å². The van der Waals surface area contributed by atoms with E-state index in [-0.39, 0.29) is 37.5 Å². The van der Waals surface area contributed by atoms with Crippen LogP contribution in [0.4, 0.5) is 10.6 Å². The van der Waals surface area contributed by atoms with Gasteiger partial charge in [-0.15, -0.1) is 0 Å². The van der Waals surface area contributed by atoms with Crippen molar-refractivity contribution < 1.29 is 33.4 Å². The summed E-state index contributed by atoms with van der Waals surface area (Å²) >= 11 is 16.5. The number of ether oxygens (including phenoxy) is 3. The van der Waals surface area contributed by atoms with Crippen molar-refractivity contribution in [2.45, 2.75) is 110 Å². The monoisotopic (exact) mass is 799 g/mol. The number of rotatable bonds is 22. The number of aryl methyl sites for hydroxylation is 1. The summed E-state index contributed by atoms with van der Waals surface area (Å²) in [4.78, 5) is 56.5. The molecule has 1 N–H and O–H groups in total. The zero-order valence-electron chi connectivity index (χ0n) is 30.0. The predicted octanol–water partition coefficient (Wildman–Crippen LogP) is 9.15. The third kappa shape index (κ3) is 16.9. The molecule has 0 bridgehead atoms. The zero-order chi connectivity index (χ0) is 37.1. The molecule has 1 unspecified atom stereocenters. The molecule has 0 aliphatic carbocycles. The number of halogens is 3. The van der Waals surface area contributed by atoms with Crippen LogP contribution in [0, 0.1) is 6.92 Å². The molecule has 1 aromatic heterocycles. The molecule has 13 heteroatoms. The molecule has 278 valence electrons. The fourth-order valence-electron chi connectivity index (χ4n) is 5.10. The molecule has 0 spiro atoms. The maximum Gasteiger partial charge on any atom is 0.416 e. The molecule has 0 aliphatic rings. The third-order valence-corrected chi connectivity index (χ3v) is 8.81. The van der Waals surface area contributed by atoms with Crippen molar-refractivity contribution in [3.05, 3.63) is 51.6 Å². The molecule has 0 saturated heterocycles. The first-order valence-electron chi connectivity index (χ1n) is 17.2. The van der Waals surface area contributed by atoms with E-state index in [1.54, 1.807) is 45.2 Å². The summed E-state index contributed by atoms with van der Waals surface area (Å²) in [6.07, 6.45) is 8.80. The molecule has 1 atom stereocenters. The number of ketones is 1. The van der Waals surface area contributed by atoms with Crippen molar-refractivity contribution >= 4 is 68.7 Å². The van der Waals surface area contributed by atoms with Crippen LogP contribution < -0.4 is 15.0 Å². The molecule has 1 aromatic carbocycles. The number of benzene rings is 1. The number of anilines is 1. The van der Waals surface area contributed by atoms with Gasteiger partial charge < -0.3 is 19.5 Å². The van der Waals surface area contributed by atoms with Crippen LogP contribution in [-0.4, -0.2) is 66.5 Å². The van der Waals surface area contributed by atoms with E-state index in [1.165, 1.54) is 31.3 Å². The van der Waals surface area contributed by atoms with Gasteiger partial charge in [-0.25, -0.2) is 9.78 Å². The van der Waals surface area contributed by atoms with Gasteiger partial charge in [0.1, 0.15) is 11.4 Å². The Kier molecular flexibility index (Phi) is 19.8. The number of carbonyl (C=O) groups excluding carboxylic acids is 4. The molecular formula is C37H52BrCl2N3O7. The predicted molar refractivity (Wildman–Crippen MR) is 202 cm³/mol. The lowest BCUT2D eigenvalue weighted by molar-refractivity contribution is -0.141. The molecular weight excluding hydrogens is 749 g/mol. The van der Waals surface area contributed by atoms with E-state index in [0.717, 1.165) is 30.2 Å². The van der Waals surface area contributed by atoms with Crippen molar-refractivity contribution in [2.24, 2.45) is 0 Å². The lowest BCUT2D eigenvalue weighted by Crippen LogP contribution is -2.38. The van der Waals surface area contributed by atoms with E-state index in [2.05, 4.69) is 26.2 Å². The zero-order valence-corrected chi connectivity index (χ0v) is 33.1. The average molecular weight is 802 g/mol. The molecule has 2 aromatic rings. The summed E-state index contributed by atoms with van der Waals surface area (Å²) < 4.78 is 16.3. The highest BCUT2D eigenvalue weighted by atomic mass is 79.9. The molecule has 10 nitrogen and oxygen atoms in total. The number of nitrogens with one attached hydrogen (secondary N) is 1. The van der Waals surface area contributed by atoms with Gasteiger partial charge in [-0.1, -0.05) is 64.8 Å². The van der Waals surface area contributed by atoms with Gasteiger partial charge in [0.15, 0.2) is 11.5 Å². The number of hydrogen-bond acceptors (Lipinski definition) is 8. The van der Waals surface area contributed by atoms with Gasteiger partial charge in [0, 0.05) is 36.8 Å². The van der Waals surface area contributed by atoms with Gasteiger partial charge in [-0.2, -0.15) is 0 Å². The molecule has 0 fully saturated rings. The van der Waals surface area contributed by atoms with Crippen LogP contribution in [0.1, 0.15) is 108 Å². The van der Waals surface area contributed by atoms with Gasteiger partial charge in [-0.3, -0.25) is 19.3 Å². The summed E-state index contributed by atoms with van der Waals surface area (Å²) in [5.41, 5.74) is 0.873. The quantitative estimate of drug-likeness (QED) is 0.0711. The van der Waals surface area contributed by atoms with E-state index < -0.39 is 23.6 Å². The van der Waals surface area contributed by atoms with Gasteiger partial charge in [0.2, 0.25) is 5.91 Å². The first kappa shape index (κ1) is 43.3.